The molecule has 1 heterocycles. The van der Waals surface area contributed by atoms with Crippen molar-refractivity contribution in [2.45, 2.75) is 31.7 Å². The van der Waals surface area contributed by atoms with E-state index in [1.54, 1.807) is 0 Å². The van der Waals surface area contributed by atoms with Crippen molar-refractivity contribution < 1.29 is 4.42 Å². The van der Waals surface area contributed by atoms with Crippen LogP contribution in [0.5, 0.6) is 0 Å². The molecule has 1 aromatic carbocycles. The van der Waals surface area contributed by atoms with E-state index in [9.17, 15) is 0 Å². The zero-order chi connectivity index (χ0) is 11.7. The van der Waals surface area contributed by atoms with Gasteiger partial charge in [0.25, 0.3) is 0 Å². The third-order valence-corrected chi connectivity index (χ3v) is 3.32. The number of nitrogens with two attached hydrogens (primary N) is 1. The van der Waals surface area contributed by atoms with Gasteiger partial charge >= 0.3 is 0 Å². The number of hydrogen-bond donors (Lipinski definition) is 1. The number of aromatic nitrogens is 2. The monoisotopic (exact) mass is 229 g/mol. The number of fused-ring (bicyclic) bond motifs is 1. The predicted molar refractivity (Wildman–Crippen MR) is 63.4 cm³/mol. The molecule has 2 N–H and O–H groups in total. The van der Waals surface area contributed by atoms with Crippen molar-refractivity contribution in [1.82, 2.24) is 10.2 Å². The third kappa shape index (κ3) is 1.85. The Morgan fingerprint density at radius 1 is 1.29 bits per heavy atom. The Bertz CT molecular complexity index is 521. The Kier molecular flexibility index (Phi) is 2.65. The Balaban J connectivity index is 1.99. The molecule has 1 aliphatic rings. The summed E-state index contributed by atoms with van der Waals surface area (Å²) in [5.74, 6) is 1.47. The highest BCUT2D eigenvalue weighted by Crippen LogP contribution is 2.35. The lowest BCUT2D eigenvalue weighted by Gasteiger charge is -2.22. The predicted octanol–water partition coefficient (Wildman–Crippen LogP) is 2.00. The van der Waals surface area contributed by atoms with E-state index in [-0.39, 0.29) is 5.92 Å². The molecule has 1 unspecified atom stereocenters. The lowest BCUT2D eigenvalue weighted by atomic mass is 9.83. The second-order valence-corrected chi connectivity index (χ2v) is 4.38. The maximum atomic E-state index is 5.58. The maximum absolute atomic E-state index is 5.58. The molecule has 1 aliphatic carbocycles. The average Bonchev–Trinajstić information content (AvgIpc) is 2.87. The molecular formula is C13H15N3O. The largest absolute Gasteiger partial charge is 0.423 e. The van der Waals surface area contributed by atoms with E-state index in [4.69, 9.17) is 10.2 Å². The summed E-state index contributed by atoms with van der Waals surface area (Å²) >= 11 is 0. The summed E-state index contributed by atoms with van der Waals surface area (Å²) in [6.07, 6.45) is 3.38. The van der Waals surface area contributed by atoms with Crippen LogP contribution >= 0.6 is 0 Å². The van der Waals surface area contributed by atoms with E-state index in [2.05, 4.69) is 34.5 Å². The van der Waals surface area contributed by atoms with Crippen molar-refractivity contribution >= 4 is 0 Å². The molecule has 3 rings (SSSR count). The lowest BCUT2D eigenvalue weighted by molar-refractivity contribution is 0.414. The van der Waals surface area contributed by atoms with Crippen molar-refractivity contribution in [3.63, 3.8) is 0 Å². The van der Waals surface area contributed by atoms with Crippen molar-refractivity contribution in [3.05, 3.63) is 47.2 Å². The van der Waals surface area contributed by atoms with Gasteiger partial charge in [0.15, 0.2) is 0 Å². The molecule has 17 heavy (non-hydrogen) atoms. The van der Waals surface area contributed by atoms with Gasteiger partial charge in [-0.3, -0.25) is 0 Å². The molecule has 0 bridgehead atoms. The molecule has 0 aliphatic heterocycles. The Morgan fingerprint density at radius 2 is 2.18 bits per heavy atom. The summed E-state index contributed by atoms with van der Waals surface area (Å²) in [5.41, 5.74) is 8.22. The van der Waals surface area contributed by atoms with E-state index in [1.165, 1.54) is 17.5 Å². The molecule has 0 saturated carbocycles. The standard InChI is InChI=1S/C13H15N3O/c14-8-12-15-16-13(17-12)11-7-3-5-9-4-1-2-6-10(9)11/h1-2,4,6,11H,3,5,7-8,14H2. The van der Waals surface area contributed by atoms with Gasteiger partial charge in [-0.05, 0) is 30.4 Å². The highest BCUT2D eigenvalue weighted by Gasteiger charge is 2.25. The van der Waals surface area contributed by atoms with Crippen LogP contribution in [0, 0.1) is 0 Å². The topological polar surface area (TPSA) is 64.9 Å². The van der Waals surface area contributed by atoms with Gasteiger partial charge in [0.2, 0.25) is 11.8 Å². The van der Waals surface area contributed by atoms with Gasteiger partial charge in [0.05, 0.1) is 12.5 Å². The molecule has 1 atom stereocenters. The molecule has 0 saturated heterocycles. The first-order valence-electron chi connectivity index (χ1n) is 5.98. The maximum Gasteiger partial charge on any atom is 0.230 e. The molecule has 88 valence electrons. The fourth-order valence-electron chi connectivity index (χ4n) is 2.50. The molecule has 0 fully saturated rings. The first kappa shape index (κ1) is 10.5. The Hall–Kier alpha value is -1.68. The minimum atomic E-state index is 0.243. The molecule has 4 heteroatoms. The van der Waals surface area contributed by atoms with Crippen LogP contribution in [0.1, 0.15) is 41.7 Å². The molecule has 1 aromatic heterocycles. The minimum Gasteiger partial charge on any atom is -0.423 e. The van der Waals surface area contributed by atoms with Crippen LogP contribution in [0.25, 0.3) is 0 Å². The van der Waals surface area contributed by atoms with Crippen LogP contribution in [0.3, 0.4) is 0 Å². The van der Waals surface area contributed by atoms with Crippen molar-refractivity contribution in [3.8, 4) is 0 Å². The van der Waals surface area contributed by atoms with Gasteiger partial charge in [-0.2, -0.15) is 0 Å². The van der Waals surface area contributed by atoms with Crippen LogP contribution in [0.4, 0.5) is 0 Å². The van der Waals surface area contributed by atoms with E-state index < -0.39 is 0 Å². The summed E-state index contributed by atoms with van der Waals surface area (Å²) in [4.78, 5) is 0. The molecule has 0 radical (unpaired) electrons. The minimum absolute atomic E-state index is 0.243. The summed E-state index contributed by atoms with van der Waals surface area (Å²) in [7, 11) is 0. The van der Waals surface area contributed by atoms with Crippen LogP contribution in [0.2, 0.25) is 0 Å². The van der Waals surface area contributed by atoms with Crippen LogP contribution in [-0.2, 0) is 13.0 Å². The highest BCUT2D eigenvalue weighted by atomic mass is 16.4. The van der Waals surface area contributed by atoms with Crippen LogP contribution < -0.4 is 5.73 Å². The molecule has 0 spiro atoms. The van der Waals surface area contributed by atoms with E-state index in [0.29, 0.717) is 18.3 Å². The number of rotatable bonds is 2. The first-order valence-corrected chi connectivity index (χ1v) is 5.98. The van der Waals surface area contributed by atoms with Gasteiger partial charge < -0.3 is 10.2 Å². The van der Waals surface area contributed by atoms with Gasteiger partial charge in [0, 0.05) is 0 Å². The number of nitrogens with zero attached hydrogens (tertiary/aromatic N) is 2. The summed E-state index contributed by atoms with van der Waals surface area (Å²) < 4.78 is 5.58. The van der Waals surface area contributed by atoms with Crippen molar-refractivity contribution in [2.75, 3.05) is 0 Å². The molecular weight excluding hydrogens is 214 g/mol. The summed E-state index contributed by atoms with van der Waals surface area (Å²) in [6.45, 7) is 0.307. The highest BCUT2D eigenvalue weighted by molar-refractivity contribution is 5.35. The van der Waals surface area contributed by atoms with Crippen molar-refractivity contribution in [1.29, 1.82) is 0 Å². The van der Waals surface area contributed by atoms with Gasteiger partial charge in [-0.25, -0.2) is 0 Å². The van der Waals surface area contributed by atoms with Gasteiger partial charge in [0.1, 0.15) is 0 Å². The summed E-state index contributed by atoms with van der Waals surface area (Å²) in [5, 5.41) is 8.05. The molecule has 2 aromatic rings. The van der Waals surface area contributed by atoms with Crippen LogP contribution in [-0.4, -0.2) is 10.2 Å². The Labute approximate surface area is 99.8 Å². The van der Waals surface area contributed by atoms with E-state index in [1.807, 2.05) is 0 Å². The first-order chi connectivity index (χ1) is 8.38. The fourth-order valence-corrected chi connectivity index (χ4v) is 2.50. The lowest BCUT2D eigenvalue weighted by Crippen LogP contribution is -2.11. The zero-order valence-corrected chi connectivity index (χ0v) is 9.60. The van der Waals surface area contributed by atoms with Crippen molar-refractivity contribution in [2.24, 2.45) is 5.73 Å². The number of aryl methyl sites for hydroxylation is 1. The van der Waals surface area contributed by atoms with E-state index >= 15 is 0 Å². The normalized spacial score (nSPS) is 19.0. The quantitative estimate of drug-likeness (QED) is 0.855. The smallest absolute Gasteiger partial charge is 0.230 e. The van der Waals surface area contributed by atoms with Crippen LogP contribution in [0.15, 0.2) is 28.7 Å². The second kappa shape index (κ2) is 4.30. The van der Waals surface area contributed by atoms with E-state index in [0.717, 1.165) is 12.8 Å². The number of hydrogen-bond acceptors (Lipinski definition) is 4. The van der Waals surface area contributed by atoms with Gasteiger partial charge in [-0.1, -0.05) is 24.3 Å². The zero-order valence-electron chi connectivity index (χ0n) is 9.60. The summed E-state index contributed by atoms with van der Waals surface area (Å²) in [6, 6.07) is 8.49. The third-order valence-electron chi connectivity index (χ3n) is 3.32. The fraction of sp³-hybridized carbons (Fsp3) is 0.385. The molecule has 0 amide bonds. The van der Waals surface area contributed by atoms with Gasteiger partial charge in [-0.15, -0.1) is 10.2 Å². The number of benzene rings is 1. The SMILES string of the molecule is NCc1nnc(C2CCCc3ccccc32)o1. The Morgan fingerprint density at radius 3 is 3.00 bits per heavy atom. The second-order valence-electron chi connectivity index (χ2n) is 4.38. The molecule has 4 nitrogen and oxygen atoms in total. The average molecular weight is 229 g/mol.